The molecule has 0 aromatic carbocycles. The van der Waals surface area contributed by atoms with Gasteiger partial charge in [0.1, 0.15) is 48.8 Å². The highest BCUT2D eigenvalue weighted by Crippen LogP contribution is 2.30. The van der Waals surface area contributed by atoms with E-state index in [1.54, 1.807) is 0 Å². The number of carboxylic acids is 1. The summed E-state index contributed by atoms with van der Waals surface area (Å²) < 4.78 is 22.8. The highest BCUT2D eigenvalue weighted by Gasteiger charge is 2.51. The molecule has 1 unspecified atom stereocenters. The molecule has 2 rings (SSSR count). The lowest BCUT2D eigenvalue weighted by Gasteiger charge is -2.46. The van der Waals surface area contributed by atoms with Gasteiger partial charge in [-0.25, -0.2) is 0 Å². The number of hydrogen-bond acceptors (Lipinski definition) is 12. The Morgan fingerprint density at radius 2 is 1.07 bits per heavy atom. The monoisotopic (exact) mass is 624 g/mol. The summed E-state index contributed by atoms with van der Waals surface area (Å²) in [6.07, 6.45) is 0.372. The van der Waals surface area contributed by atoms with E-state index >= 15 is 0 Å². The molecule has 11 atom stereocenters. The molecule has 43 heavy (non-hydrogen) atoms. The van der Waals surface area contributed by atoms with Gasteiger partial charge in [-0.3, -0.25) is 4.79 Å². The first-order valence-corrected chi connectivity index (χ1v) is 16.1. The second-order valence-electron chi connectivity index (χ2n) is 12.0. The Labute approximate surface area is 254 Å². The number of carbonyl (C=O) groups is 1. The molecule has 2 saturated heterocycles. The quantitative estimate of drug-likeness (QED) is 0.0789. The highest BCUT2D eigenvalue weighted by molar-refractivity contribution is 5.66. The van der Waals surface area contributed by atoms with Crippen molar-refractivity contribution in [1.29, 1.82) is 0 Å². The first-order valence-electron chi connectivity index (χ1n) is 16.1. The number of carboxylic acid groups (broad SMARTS) is 1. The van der Waals surface area contributed by atoms with E-state index in [4.69, 9.17) is 24.1 Å². The minimum Gasteiger partial charge on any atom is -0.481 e. The summed E-state index contributed by atoms with van der Waals surface area (Å²) in [6, 6.07) is 0. The van der Waals surface area contributed by atoms with E-state index < -0.39 is 80.6 Å². The van der Waals surface area contributed by atoms with Crippen LogP contribution in [-0.2, 0) is 23.7 Å². The van der Waals surface area contributed by atoms with Crippen LogP contribution < -0.4 is 0 Å². The van der Waals surface area contributed by atoms with Crippen LogP contribution in [0.3, 0.4) is 0 Å². The smallest absolute Gasteiger partial charge is 0.303 e. The summed E-state index contributed by atoms with van der Waals surface area (Å²) in [4.78, 5) is 10.5. The Bertz CT molecular complexity index is 741. The largest absolute Gasteiger partial charge is 0.481 e. The fourth-order valence-electron chi connectivity index (χ4n) is 5.59. The summed E-state index contributed by atoms with van der Waals surface area (Å²) in [6.45, 7) is 0.610. The average molecular weight is 625 g/mol. The highest BCUT2D eigenvalue weighted by atomic mass is 16.8. The van der Waals surface area contributed by atoms with Gasteiger partial charge in [-0.1, -0.05) is 77.0 Å². The van der Waals surface area contributed by atoms with E-state index in [1.165, 1.54) is 38.5 Å². The summed E-state index contributed by atoms with van der Waals surface area (Å²) in [5, 5.41) is 79.3. The van der Waals surface area contributed by atoms with E-state index in [1.807, 2.05) is 6.92 Å². The third-order valence-electron chi connectivity index (χ3n) is 8.33. The van der Waals surface area contributed by atoms with Gasteiger partial charge < -0.3 is 59.8 Å². The number of aliphatic hydroxyl groups is 7. The predicted molar refractivity (Wildman–Crippen MR) is 154 cm³/mol. The first-order chi connectivity index (χ1) is 20.6. The van der Waals surface area contributed by atoms with Crippen molar-refractivity contribution in [3.8, 4) is 0 Å². The molecular formula is C30H56O13. The van der Waals surface area contributed by atoms with Gasteiger partial charge in [0, 0.05) is 6.42 Å². The molecule has 2 aliphatic heterocycles. The van der Waals surface area contributed by atoms with Gasteiger partial charge in [-0.2, -0.15) is 0 Å². The molecule has 0 aliphatic carbocycles. The zero-order valence-electron chi connectivity index (χ0n) is 25.5. The lowest BCUT2D eigenvalue weighted by atomic mass is 9.97. The molecule has 13 heteroatoms. The van der Waals surface area contributed by atoms with Crippen LogP contribution in [0, 0.1) is 0 Å². The molecule has 0 aromatic rings. The number of aliphatic carboxylic acids is 1. The minimum absolute atomic E-state index is 0.269. The van der Waals surface area contributed by atoms with Crippen molar-refractivity contribution in [3.05, 3.63) is 0 Å². The molecule has 2 heterocycles. The first kappa shape index (κ1) is 38.2. The van der Waals surface area contributed by atoms with Crippen LogP contribution in [0.2, 0.25) is 0 Å². The van der Waals surface area contributed by atoms with Gasteiger partial charge in [0.15, 0.2) is 12.6 Å². The Morgan fingerprint density at radius 1 is 0.628 bits per heavy atom. The summed E-state index contributed by atoms with van der Waals surface area (Å²) in [5.41, 5.74) is 0. The van der Waals surface area contributed by atoms with E-state index in [-0.39, 0.29) is 12.5 Å². The summed E-state index contributed by atoms with van der Waals surface area (Å²) >= 11 is 0. The molecule has 2 aliphatic rings. The van der Waals surface area contributed by atoms with Crippen molar-refractivity contribution in [2.75, 3.05) is 13.2 Å². The van der Waals surface area contributed by atoms with E-state index in [2.05, 4.69) is 0 Å². The lowest BCUT2D eigenvalue weighted by molar-refractivity contribution is -0.371. The molecular weight excluding hydrogens is 568 g/mol. The van der Waals surface area contributed by atoms with Crippen LogP contribution in [0.1, 0.15) is 103 Å². The maximum atomic E-state index is 10.7. The molecule has 0 radical (unpaired) electrons. The molecule has 0 bridgehead atoms. The van der Waals surface area contributed by atoms with Crippen molar-refractivity contribution >= 4 is 5.97 Å². The van der Waals surface area contributed by atoms with Crippen LogP contribution in [0.4, 0.5) is 0 Å². The Balaban J connectivity index is 1.68. The summed E-state index contributed by atoms with van der Waals surface area (Å²) in [7, 11) is 0. The van der Waals surface area contributed by atoms with Gasteiger partial charge >= 0.3 is 5.97 Å². The Kier molecular flexibility index (Phi) is 18.6. The third kappa shape index (κ3) is 13.1. The molecule has 8 N–H and O–H groups in total. The predicted octanol–water partition coefficient (Wildman–Crippen LogP) is 0.952. The molecule has 0 spiro atoms. The Morgan fingerprint density at radius 3 is 1.56 bits per heavy atom. The van der Waals surface area contributed by atoms with Crippen molar-refractivity contribution < 1.29 is 64.6 Å². The summed E-state index contributed by atoms with van der Waals surface area (Å²) in [5.74, 6) is -0.715. The molecule has 254 valence electrons. The van der Waals surface area contributed by atoms with Crippen molar-refractivity contribution in [2.45, 2.75) is 171 Å². The SMILES string of the molecule is CC(CCCCCCCCCCCCCCCC(=O)O)O[C@@H]1O[C@H](CO)[C@@H](O)[C@H](O)[C@H]1O[C@@H]1O[C@H](CO)[C@@H](O)[C@H](O)[C@H]1O. The lowest BCUT2D eigenvalue weighted by Crippen LogP contribution is -2.64. The van der Waals surface area contributed by atoms with Crippen molar-refractivity contribution in [1.82, 2.24) is 0 Å². The van der Waals surface area contributed by atoms with Crippen molar-refractivity contribution in [3.63, 3.8) is 0 Å². The maximum Gasteiger partial charge on any atom is 0.303 e. The van der Waals surface area contributed by atoms with Crippen LogP contribution in [0.5, 0.6) is 0 Å². The standard InChI is InChI=1S/C30H56O13/c1-19(15-13-11-9-7-5-3-2-4-6-8-10-12-14-16-22(33)34)40-30-28(26(38)24(36)21(18-32)42-30)43-29-27(39)25(37)23(35)20(17-31)41-29/h19-21,23-32,35-39H,2-18H2,1H3,(H,33,34)/t19?,20-,21-,23-,24-,25+,26+,27-,28-,29+,30-/m1/s1. The topological polar surface area (TPSA) is 216 Å². The maximum absolute atomic E-state index is 10.7. The number of hydrogen-bond donors (Lipinski definition) is 8. The normalized spacial score (nSPS) is 33.9. The van der Waals surface area contributed by atoms with Gasteiger partial charge in [-0.05, 0) is 19.8 Å². The molecule has 13 nitrogen and oxygen atoms in total. The van der Waals surface area contributed by atoms with Crippen LogP contribution >= 0.6 is 0 Å². The van der Waals surface area contributed by atoms with Crippen LogP contribution in [-0.4, -0.2) is 128 Å². The molecule has 0 amide bonds. The van der Waals surface area contributed by atoms with Crippen LogP contribution in [0.15, 0.2) is 0 Å². The van der Waals surface area contributed by atoms with Crippen molar-refractivity contribution in [2.24, 2.45) is 0 Å². The minimum atomic E-state index is -1.71. The van der Waals surface area contributed by atoms with E-state index in [0.29, 0.717) is 6.42 Å². The molecule has 0 saturated carbocycles. The molecule has 2 fully saturated rings. The number of ether oxygens (including phenoxy) is 4. The fourth-order valence-corrected chi connectivity index (χ4v) is 5.59. The van der Waals surface area contributed by atoms with Crippen LogP contribution in [0.25, 0.3) is 0 Å². The second kappa shape index (κ2) is 20.9. The van der Waals surface area contributed by atoms with Gasteiger partial charge in [0.2, 0.25) is 0 Å². The number of unbranched alkanes of at least 4 members (excludes halogenated alkanes) is 12. The average Bonchev–Trinajstić information content (AvgIpc) is 2.98. The number of rotatable bonds is 22. The zero-order valence-corrected chi connectivity index (χ0v) is 25.5. The number of aliphatic hydroxyl groups excluding tert-OH is 7. The Hall–Kier alpha value is -0.970. The second-order valence-corrected chi connectivity index (χ2v) is 12.0. The van der Waals surface area contributed by atoms with E-state index in [0.717, 1.165) is 44.9 Å². The van der Waals surface area contributed by atoms with Gasteiger partial charge in [0.25, 0.3) is 0 Å². The third-order valence-corrected chi connectivity index (χ3v) is 8.33. The molecule has 0 aromatic heterocycles. The zero-order chi connectivity index (χ0) is 31.8. The van der Waals surface area contributed by atoms with Gasteiger partial charge in [-0.15, -0.1) is 0 Å². The van der Waals surface area contributed by atoms with E-state index in [9.17, 15) is 40.5 Å². The van der Waals surface area contributed by atoms with Gasteiger partial charge in [0.05, 0.1) is 19.3 Å². The fraction of sp³-hybridized carbons (Fsp3) is 0.967.